The number of aromatic hydroxyl groups is 1. The second-order valence-corrected chi connectivity index (χ2v) is 2.66. The van der Waals surface area contributed by atoms with Crippen LogP contribution in [0.5, 0.6) is 5.75 Å². The van der Waals surface area contributed by atoms with E-state index in [9.17, 15) is 14.7 Å². The Hall–Kier alpha value is -2.30. The first-order chi connectivity index (χ1) is 7.11. The Balaban J connectivity index is 2.70. The van der Waals surface area contributed by atoms with Gasteiger partial charge in [-0.25, -0.2) is 4.79 Å². The Morgan fingerprint density at radius 3 is 2.53 bits per heavy atom. The lowest BCUT2D eigenvalue weighted by atomic mass is 10.2. The van der Waals surface area contributed by atoms with E-state index in [2.05, 4.69) is 5.32 Å². The van der Waals surface area contributed by atoms with Gasteiger partial charge in [0.2, 0.25) is 0 Å². The first-order valence-electron chi connectivity index (χ1n) is 4.09. The first-order valence-corrected chi connectivity index (χ1v) is 4.09. The van der Waals surface area contributed by atoms with Crippen LogP contribution in [0.1, 0.15) is 10.4 Å². The van der Waals surface area contributed by atoms with Crippen molar-refractivity contribution in [1.29, 1.82) is 0 Å². The molecule has 3 N–H and O–H groups in total. The number of hydrogen-bond acceptors (Lipinski definition) is 3. The van der Waals surface area contributed by atoms with Crippen LogP contribution in [-0.4, -0.2) is 22.1 Å². The molecule has 5 heteroatoms. The summed E-state index contributed by atoms with van der Waals surface area (Å²) in [6, 6.07) is 5.98. The monoisotopic (exact) mass is 207 g/mol. The molecular formula is C10H9NO4. The number of hydrogen-bond donors (Lipinski definition) is 3. The zero-order chi connectivity index (χ0) is 11.3. The number of carbonyl (C=O) groups excluding carboxylic acids is 1. The summed E-state index contributed by atoms with van der Waals surface area (Å²) in [7, 11) is 0. The minimum absolute atomic E-state index is 0.0903. The molecule has 0 radical (unpaired) electrons. The molecule has 0 saturated carbocycles. The molecule has 0 fully saturated rings. The van der Waals surface area contributed by atoms with E-state index < -0.39 is 11.9 Å². The van der Waals surface area contributed by atoms with Gasteiger partial charge in [-0.2, -0.15) is 0 Å². The smallest absolute Gasteiger partial charge is 0.329 e. The number of carbonyl (C=O) groups is 2. The van der Waals surface area contributed by atoms with E-state index in [1.54, 1.807) is 12.1 Å². The molecule has 0 aliphatic rings. The number of amides is 1. The quantitative estimate of drug-likeness (QED) is 0.637. The van der Waals surface area contributed by atoms with Crippen molar-refractivity contribution in [1.82, 2.24) is 5.32 Å². The normalized spacial score (nSPS) is 10.1. The molecule has 0 saturated heterocycles. The number of carboxylic acids is 1. The van der Waals surface area contributed by atoms with Crippen molar-refractivity contribution in [3.05, 3.63) is 42.1 Å². The SMILES string of the molecule is O=C(O)/C=C/NC(=O)c1ccccc1O. The van der Waals surface area contributed by atoms with Crippen LogP contribution in [0.4, 0.5) is 0 Å². The van der Waals surface area contributed by atoms with E-state index >= 15 is 0 Å². The fourth-order valence-corrected chi connectivity index (χ4v) is 0.932. The number of carboxylic acid groups (broad SMARTS) is 1. The Kier molecular flexibility index (Phi) is 3.45. The lowest BCUT2D eigenvalue weighted by Gasteiger charge is -2.01. The van der Waals surface area contributed by atoms with Crippen molar-refractivity contribution in [2.45, 2.75) is 0 Å². The maximum absolute atomic E-state index is 11.3. The molecule has 0 aliphatic carbocycles. The van der Waals surface area contributed by atoms with Gasteiger partial charge in [-0.3, -0.25) is 4.79 Å². The Labute approximate surface area is 85.7 Å². The first kappa shape index (κ1) is 10.8. The molecule has 15 heavy (non-hydrogen) atoms. The summed E-state index contributed by atoms with van der Waals surface area (Å²) >= 11 is 0. The lowest BCUT2D eigenvalue weighted by molar-refractivity contribution is -0.131. The van der Waals surface area contributed by atoms with E-state index in [1.807, 2.05) is 0 Å². The van der Waals surface area contributed by atoms with Crippen molar-refractivity contribution in [3.8, 4) is 5.75 Å². The van der Waals surface area contributed by atoms with Gasteiger partial charge in [-0.1, -0.05) is 12.1 Å². The van der Waals surface area contributed by atoms with Crippen molar-refractivity contribution >= 4 is 11.9 Å². The van der Waals surface area contributed by atoms with Crippen LogP contribution in [0, 0.1) is 0 Å². The van der Waals surface area contributed by atoms with Crippen LogP contribution in [0.3, 0.4) is 0 Å². The third-order valence-electron chi connectivity index (χ3n) is 1.59. The van der Waals surface area contributed by atoms with Gasteiger partial charge in [0.15, 0.2) is 0 Å². The highest BCUT2D eigenvalue weighted by Gasteiger charge is 2.07. The van der Waals surface area contributed by atoms with Gasteiger partial charge in [0.1, 0.15) is 5.75 Å². The van der Waals surface area contributed by atoms with Crippen molar-refractivity contribution in [3.63, 3.8) is 0 Å². The van der Waals surface area contributed by atoms with Crippen LogP contribution >= 0.6 is 0 Å². The second-order valence-electron chi connectivity index (χ2n) is 2.66. The number of aliphatic carboxylic acids is 1. The Bertz CT molecular complexity index is 412. The number of phenolic OH excluding ortho intramolecular Hbond substituents is 1. The highest BCUT2D eigenvalue weighted by molar-refractivity contribution is 5.97. The van der Waals surface area contributed by atoms with Crippen LogP contribution < -0.4 is 5.32 Å². The Morgan fingerprint density at radius 2 is 1.93 bits per heavy atom. The van der Waals surface area contributed by atoms with Gasteiger partial charge in [0, 0.05) is 12.3 Å². The van der Waals surface area contributed by atoms with Crippen LogP contribution in [0.15, 0.2) is 36.5 Å². The summed E-state index contributed by atoms with van der Waals surface area (Å²) in [6.07, 6.45) is 1.79. The molecule has 0 atom stereocenters. The Morgan fingerprint density at radius 1 is 1.27 bits per heavy atom. The largest absolute Gasteiger partial charge is 0.507 e. The average Bonchev–Trinajstić information content (AvgIpc) is 2.17. The van der Waals surface area contributed by atoms with Crippen LogP contribution in [0.25, 0.3) is 0 Å². The van der Waals surface area contributed by atoms with Crippen LogP contribution in [-0.2, 0) is 4.79 Å². The third kappa shape index (κ3) is 3.15. The number of nitrogens with one attached hydrogen (secondary N) is 1. The maximum Gasteiger partial charge on any atom is 0.329 e. The molecule has 78 valence electrons. The zero-order valence-electron chi connectivity index (χ0n) is 7.68. The van der Waals surface area contributed by atoms with Gasteiger partial charge < -0.3 is 15.5 Å². The van der Waals surface area contributed by atoms with E-state index in [1.165, 1.54) is 12.1 Å². The van der Waals surface area contributed by atoms with Gasteiger partial charge in [-0.15, -0.1) is 0 Å². The molecular weight excluding hydrogens is 198 g/mol. The highest BCUT2D eigenvalue weighted by Crippen LogP contribution is 2.14. The molecule has 1 amide bonds. The number of benzene rings is 1. The molecule has 5 nitrogen and oxygen atoms in total. The maximum atomic E-state index is 11.3. The van der Waals surface area contributed by atoms with Crippen molar-refractivity contribution in [2.24, 2.45) is 0 Å². The molecule has 0 aliphatic heterocycles. The highest BCUT2D eigenvalue weighted by atomic mass is 16.4. The molecule has 1 aromatic carbocycles. The summed E-state index contributed by atoms with van der Waals surface area (Å²) < 4.78 is 0. The molecule has 1 aromatic rings. The summed E-state index contributed by atoms with van der Waals surface area (Å²) in [5, 5.41) is 19.8. The summed E-state index contributed by atoms with van der Waals surface area (Å²) in [6.45, 7) is 0. The van der Waals surface area contributed by atoms with Gasteiger partial charge in [0.25, 0.3) is 5.91 Å². The number of rotatable bonds is 3. The zero-order valence-corrected chi connectivity index (χ0v) is 7.68. The third-order valence-corrected chi connectivity index (χ3v) is 1.59. The number of phenols is 1. The van der Waals surface area contributed by atoms with Gasteiger partial charge >= 0.3 is 5.97 Å². The molecule has 0 bridgehead atoms. The molecule has 0 unspecified atom stereocenters. The van der Waals surface area contributed by atoms with E-state index in [4.69, 9.17) is 5.11 Å². The van der Waals surface area contributed by atoms with E-state index in [0.717, 1.165) is 12.3 Å². The average molecular weight is 207 g/mol. The second kappa shape index (κ2) is 4.80. The lowest BCUT2D eigenvalue weighted by Crippen LogP contribution is -2.17. The van der Waals surface area contributed by atoms with Crippen LogP contribution in [0.2, 0.25) is 0 Å². The molecule has 0 aromatic heterocycles. The number of para-hydroxylation sites is 1. The summed E-state index contributed by atoms with van der Waals surface area (Å²) in [5.74, 6) is -1.88. The minimum atomic E-state index is -1.16. The summed E-state index contributed by atoms with van der Waals surface area (Å²) in [5.41, 5.74) is 0.0903. The fraction of sp³-hybridized carbons (Fsp3) is 0. The van der Waals surface area contributed by atoms with Gasteiger partial charge in [0.05, 0.1) is 5.56 Å². The summed E-state index contributed by atoms with van der Waals surface area (Å²) in [4.78, 5) is 21.4. The van der Waals surface area contributed by atoms with Gasteiger partial charge in [-0.05, 0) is 12.1 Å². The van der Waals surface area contributed by atoms with E-state index in [-0.39, 0.29) is 11.3 Å². The standard InChI is InChI=1S/C10H9NO4/c12-8-4-2-1-3-7(8)10(15)11-6-5-9(13)14/h1-6,12H,(H,11,15)(H,13,14)/b6-5+. The molecule has 0 heterocycles. The molecule has 1 rings (SSSR count). The predicted octanol–water partition coefficient (Wildman–Crippen LogP) is 0.720. The minimum Gasteiger partial charge on any atom is -0.507 e. The van der Waals surface area contributed by atoms with Crippen molar-refractivity contribution in [2.75, 3.05) is 0 Å². The van der Waals surface area contributed by atoms with E-state index in [0.29, 0.717) is 0 Å². The van der Waals surface area contributed by atoms with Crippen molar-refractivity contribution < 1.29 is 19.8 Å². The predicted molar refractivity (Wildman–Crippen MR) is 52.3 cm³/mol. The topological polar surface area (TPSA) is 86.6 Å². The molecule has 0 spiro atoms. The fourth-order valence-electron chi connectivity index (χ4n) is 0.932.